The van der Waals surface area contributed by atoms with Crippen molar-refractivity contribution in [3.8, 4) is 0 Å². The van der Waals surface area contributed by atoms with Gasteiger partial charge < -0.3 is 10.6 Å². The Labute approximate surface area is 105 Å². The van der Waals surface area contributed by atoms with E-state index in [2.05, 4.69) is 29.4 Å². The fourth-order valence-electron chi connectivity index (χ4n) is 2.58. The number of hydrogen-bond donors (Lipinski definition) is 2. The summed E-state index contributed by atoms with van der Waals surface area (Å²) in [5.41, 5.74) is 0. The van der Waals surface area contributed by atoms with Gasteiger partial charge in [-0.3, -0.25) is 9.69 Å². The lowest BCUT2D eigenvalue weighted by molar-refractivity contribution is -0.123. The maximum absolute atomic E-state index is 11.8. The molecule has 0 aromatic rings. The molecule has 0 spiro atoms. The van der Waals surface area contributed by atoms with Crippen LogP contribution in [0.1, 0.15) is 34.1 Å². The van der Waals surface area contributed by atoms with E-state index in [1.807, 2.05) is 13.8 Å². The molecule has 4 heteroatoms. The van der Waals surface area contributed by atoms with Gasteiger partial charge in [0.1, 0.15) is 0 Å². The SMILES string of the molecule is CCC1CNCC1N(CC)CC(=O)NC(C)C. The smallest absolute Gasteiger partial charge is 0.234 e. The summed E-state index contributed by atoms with van der Waals surface area (Å²) in [5.74, 6) is 0.824. The minimum absolute atomic E-state index is 0.142. The molecule has 0 bridgehead atoms. The van der Waals surface area contributed by atoms with Crippen LogP contribution in [0, 0.1) is 5.92 Å². The van der Waals surface area contributed by atoms with Gasteiger partial charge in [0.15, 0.2) is 0 Å². The molecule has 1 fully saturated rings. The van der Waals surface area contributed by atoms with E-state index in [-0.39, 0.29) is 11.9 Å². The number of nitrogens with one attached hydrogen (secondary N) is 2. The van der Waals surface area contributed by atoms with E-state index in [1.165, 1.54) is 6.42 Å². The molecule has 1 aliphatic rings. The molecular formula is C13H27N3O. The zero-order valence-electron chi connectivity index (χ0n) is 11.6. The van der Waals surface area contributed by atoms with Gasteiger partial charge in [-0.05, 0) is 32.9 Å². The van der Waals surface area contributed by atoms with Gasteiger partial charge in [0.05, 0.1) is 6.54 Å². The fourth-order valence-corrected chi connectivity index (χ4v) is 2.58. The Morgan fingerprint density at radius 3 is 2.65 bits per heavy atom. The van der Waals surface area contributed by atoms with Gasteiger partial charge in [-0.1, -0.05) is 20.3 Å². The van der Waals surface area contributed by atoms with E-state index < -0.39 is 0 Å². The van der Waals surface area contributed by atoms with Crippen LogP contribution in [0.2, 0.25) is 0 Å². The first-order valence-corrected chi connectivity index (χ1v) is 6.82. The number of nitrogens with zero attached hydrogens (tertiary/aromatic N) is 1. The summed E-state index contributed by atoms with van der Waals surface area (Å²) in [6, 6.07) is 0.743. The molecule has 0 radical (unpaired) electrons. The Balaban J connectivity index is 2.50. The van der Waals surface area contributed by atoms with E-state index in [0.717, 1.165) is 19.6 Å². The monoisotopic (exact) mass is 241 g/mol. The van der Waals surface area contributed by atoms with Crippen molar-refractivity contribution in [3.63, 3.8) is 0 Å². The summed E-state index contributed by atoms with van der Waals surface area (Å²) in [6.07, 6.45) is 1.18. The Bertz CT molecular complexity index is 243. The van der Waals surface area contributed by atoms with E-state index >= 15 is 0 Å². The molecule has 2 unspecified atom stereocenters. The quantitative estimate of drug-likeness (QED) is 0.724. The van der Waals surface area contributed by atoms with Crippen molar-refractivity contribution in [3.05, 3.63) is 0 Å². The first-order chi connectivity index (χ1) is 8.08. The second-order valence-corrected chi connectivity index (χ2v) is 5.18. The van der Waals surface area contributed by atoms with Crippen LogP contribution in [0.15, 0.2) is 0 Å². The average Bonchev–Trinajstić information content (AvgIpc) is 2.72. The lowest BCUT2D eigenvalue weighted by Crippen LogP contribution is -2.47. The topological polar surface area (TPSA) is 44.4 Å². The highest BCUT2D eigenvalue weighted by Crippen LogP contribution is 2.18. The highest BCUT2D eigenvalue weighted by Gasteiger charge is 2.30. The fraction of sp³-hybridized carbons (Fsp3) is 0.923. The number of carbonyl (C=O) groups excluding carboxylic acids is 1. The van der Waals surface area contributed by atoms with Crippen LogP contribution in [-0.4, -0.2) is 49.1 Å². The van der Waals surface area contributed by atoms with Gasteiger partial charge in [0, 0.05) is 18.6 Å². The van der Waals surface area contributed by atoms with Crippen LogP contribution in [0.5, 0.6) is 0 Å². The van der Waals surface area contributed by atoms with E-state index in [4.69, 9.17) is 0 Å². The molecule has 1 amide bonds. The van der Waals surface area contributed by atoms with Crippen LogP contribution >= 0.6 is 0 Å². The minimum Gasteiger partial charge on any atom is -0.353 e. The number of likely N-dealkylation sites (N-methyl/N-ethyl adjacent to an activating group) is 1. The van der Waals surface area contributed by atoms with Gasteiger partial charge >= 0.3 is 0 Å². The number of amides is 1. The Hall–Kier alpha value is -0.610. The molecule has 17 heavy (non-hydrogen) atoms. The average molecular weight is 241 g/mol. The molecule has 1 aliphatic heterocycles. The third kappa shape index (κ3) is 4.28. The second-order valence-electron chi connectivity index (χ2n) is 5.18. The van der Waals surface area contributed by atoms with Crippen LogP contribution in [-0.2, 0) is 4.79 Å². The molecular weight excluding hydrogens is 214 g/mol. The van der Waals surface area contributed by atoms with E-state index in [0.29, 0.717) is 18.5 Å². The van der Waals surface area contributed by atoms with Gasteiger partial charge in [0.25, 0.3) is 0 Å². The molecule has 0 aromatic heterocycles. The zero-order valence-corrected chi connectivity index (χ0v) is 11.6. The second kappa shape index (κ2) is 6.97. The predicted octanol–water partition coefficient (Wildman–Crippen LogP) is 0.831. The molecule has 0 aromatic carbocycles. The van der Waals surface area contributed by atoms with Crippen LogP contribution < -0.4 is 10.6 Å². The maximum Gasteiger partial charge on any atom is 0.234 e. The van der Waals surface area contributed by atoms with Crippen molar-refractivity contribution in [1.82, 2.24) is 15.5 Å². The normalized spacial score (nSPS) is 24.6. The van der Waals surface area contributed by atoms with Gasteiger partial charge in [-0.15, -0.1) is 0 Å². The third-order valence-electron chi connectivity index (χ3n) is 3.50. The number of hydrogen-bond acceptors (Lipinski definition) is 3. The summed E-state index contributed by atoms with van der Waals surface area (Å²) in [6.45, 7) is 11.9. The highest BCUT2D eigenvalue weighted by atomic mass is 16.2. The number of rotatable bonds is 6. The molecule has 2 N–H and O–H groups in total. The van der Waals surface area contributed by atoms with Crippen molar-refractivity contribution in [1.29, 1.82) is 0 Å². The third-order valence-corrected chi connectivity index (χ3v) is 3.50. The summed E-state index contributed by atoms with van der Waals surface area (Å²) in [4.78, 5) is 14.1. The van der Waals surface area contributed by atoms with Gasteiger partial charge in [-0.2, -0.15) is 0 Å². The molecule has 2 atom stereocenters. The first-order valence-electron chi connectivity index (χ1n) is 6.82. The minimum atomic E-state index is 0.142. The Morgan fingerprint density at radius 2 is 2.12 bits per heavy atom. The van der Waals surface area contributed by atoms with Crippen LogP contribution in [0.4, 0.5) is 0 Å². The molecule has 0 aliphatic carbocycles. The number of carbonyl (C=O) groups is 1. The van der Waals surface area contributed by atoms with Crippen molar-refractivity contribution < 1.29 is 4.79 Å². The van der Waals surface area contributed by atoms with Gasteiger partial charge in [-0.25, -0.2) is 0 Å². The lowest BCUT2D eigenvalue weighted by Gasteiger charge is -2.30. The summed E-state index contributed by atoms with van der Waals surface area (Å²) >= 11 is 0. The Morgan fingerprint density at radius 1 is 1.41 bits per heavy atom. The zero-order chi connectivity index (χ0) is 12.8. The molecule has 1 saturated heterocycles. The van der Waals surface area contributed by atoms with Crippen molar-refractivity contribution in [2.75, 3.05) is 26.2 Å². The summed E-state index contributed by atoms with van der Waals surface area (Å²) in [7, 11) is 0. The highest BCUT2D eigenvalue weighted by molar-refractivity contribution is 5.78. The Kier molecular flexibility index (Phi) is 5.92. The van der Waals surface area contributed by atoms with E-state index in [9.17, 15) is 4.79 Å². The first kappa shape index (κ1) is 14.5. The predicted molar refractivity (Wildman–Crippen MR) is 71.0 cm³/mol. The molecule has 4 nitrogen and oxygen atoms in total. The largest absolute Gasteiger partial charge is 0.353 e. The lowest BCUT2D eigenvalue weighted by atomic mass is 9.99. The standard InChI is InChI=1S/C13H27N3O/c1-5-11-7-14-8-12(11)16(6-2)9-13(17)15-10(3)4/h10-12,14H,5-9H2,1-4H3,(H,15,17). The van der Waals surface area contributed by atoms with E-state index in [1.54, 1.807) is 0 Å². The van der Waals surface area contributed by atoms with Crippen LogP contribution in [0.3, 0.4) is 0 Å². The maximum atomic E-state index is 11.8. The molecule has 1 rings (SSSR count). The summed E-state index contributed by atoms with van der Waals surface area (Å²) in [5, 5.41) is 6.39. The van der Waals surface area contributed by atoms with Crippen molar-refractivity contribution >= 4 is 5.91 Å². The molecule has 1 heterocycles. The molecule has 0 saturated carbocycles. The molecule has 100 valence electrons. The van der Waals surface area contributed by atoms with Gasteiger partial charge in [0.2, 0.25) is 5.91 Å². The van der Waals surface area contributed by atoms with Crippen molar-refractivity contribution in [2.24, 2.45) is 5.92 Å². The summed E-state index contributed by atoms with van der Waals surface area (Å²) < 4.78 is 0. The van der Waals surface area contributed by atoms with Crippen LogP contribution in [0.25, 0.3) is 0 Å². The van der Waals surface area contributed by atoms with Crippen molar-refractivity contribution in [2.45, 2.75) is 46.2 Å².